The van der Waals surface area contributed by atoms with E-state index in [0.29, 0.717) is 17.9 Å². The largest absolute Gasteiger partial charge is 0.382 e. The van der Waals surface area contributed by atoms with Crippen LogP contribution in [0.3, 0.4) is 0 Å². The minimum absolute atomic E-state index is 0.0280. The first-order valence-electron chi connectivity index (χ1n) is 9.89. The van der Waals surface area contributed by atoms with Gasteiger partial charge in [0.2, 0.25) is 10.0 Å². The lowest BCUT2D eigenvalue weighted by Crippen LogP contribution is -2.40. The number of aromatic nitrogens is 1. The van der Waals surface area contributed by atoms with Crippen LogP contribution in [0, 0.1) is 10.1 Å². The Bertz CT molecular complexity index is 1210. The zero-order valence-electron chi connectivity index (χ0n) is 16.5. The first kappa shape index (κ1) is 21.5. The summed E-state index contributed by atoms with van der Waals surface area (Å²) in [5.74, 6) is 0. The lowest BCUT2D eigenvalue weighted by Gasteiger charge is -2.30. The lowest BCUT2D eigenvalue weighted by molar-refractivity contribution is -0.384. The Hall–Kier alpha value is -2.75. The van der Waals surface area contributed by atoms with Gasteiger partial charge in [0, 0.05) is 46.5 Å². The van der Waals surface area contributed by atoms with E-state index in [1.165, 1.54) is 24.3 Å². The van der Waals surface area contributed by atoms with Crippen molar-refractivity contribution < 1.29 is 13.3 Å². The predicted octanol–water partition coefficient (Wildman–Crippen LogP) is 4.50. The molecule has 1 saturated carbocycles. The van der Waals surface area contributed by atoms with Gasteiger partial charge in [0.05, 0.1) is 15.3 Å². The van der Waals surface area contributed by atoms with E-state index < -0.39 is 14.9 Å². The van der Waals surface area contributed by atoms with Crippen molar-refractivity contribution in [1.29, 1.82) is 0 Å². The molecule has 0 amide bonds. The highest BCUT2D eigenvalue weighted by Gasteiger charge is 2.26. The van der Waals surface area contributed by atoms with E-state index in [1.54, 1.807) is 6.20 Å². The predicted molar refractivity (Wildman–Crippen MR) is 120 cm³/mol. The van der Waals surface area contributed by atoms with Crippen LogP contribution >= 0.6 is 11.6 Å². The summed E-state index contributed by atoms with van der Waals surface area (Å²) in [6.45, 7) is 0. The molecule has 4 rings (SSSR count). The van der Waals surface area contributed by atoms with Gasteiger partial charge in [-0.05, 0) is 62.1 Å². The highest BCUT2D eigenvalue weighted by atomic mass is 35.5. The molecule has 8 nitrogen and oxygen atoms in total. The molecule has 1 fully saturated rings. The first-order valence-corrected chi connectivity index (χ1v) is 11.8. The molecule has 2 aromatic carbocycles. The molecule has 1 aliphatic carbocycles. The van der Waals surface area contributed by atoms with Crippen molar-refractivity contribution in [2.24, 2.45) is 0 Å². The van der Waals surface area contributed by atoms with Gasteiger partial charge in [0.1, 0.15) is 0 Å². The molecule has 31 heavy (non-hydrogen) atoms. The number of hydrogen-bond donors (Lipinski definition) is 2. The number of fused-ring (bicyclic) bond motifs is 1. The Labute approximate surface area is 184 Å². The van der Waals surface area contributed by atoms with Gasteiger partial charge < -0.3 is 5.32 Å². The molecule has 0 spiro atoms. The van der Waals surface area contributed by atoms with Gasteiger partial charge in [-0.3, -0.25) is 15.1 Å². The van der Waals surface area contributed by atoms with Crippen molar-refractivity contribution in [2.45, 2.75) is 42.7 Å². The Morgan fingerprint density at radius 2 is 1.68 bits per heavy atom. The van der Waals surface area contributed by atoms with E-state index in [4.69, 9.17) is 11.6 Å². The number of hydrogen-bond acceptors (Lipinski definition) is 6. The number of benzene rings is 2. The maximum Gasteiger partial charge on any atom is 0.269 e. The van der Waals surface area contributed by atoms with Crippen LogP contribution in [0.4, 0.5) is 11.4 Å². The van der Waals surface area contributed by atoms with Gasteiger partial charge in [-0.15, -0.1) is 0 Å². The fourth-order valence-corrected chi connectivity index (χ4v) is 5.33. The highest BCUT2D eigenvalue weighted by Crippen LogP contribution is 2.28. The monoisotopic (exact) mass is 460 g/mol. The van der Waals surface area contributed by atoms with Crippen molar-refractivity contribution in [3.05, 3.63) is 69.9 Å². The third-order valence-corrected chi connectivity index (χ3v) is 7.24. The fourth-order valence-electron chi connectivity index (χ4n) is 3.86. The molecule has 0 saturated heterocycles. The summed E-state index contributed by atoms with van der Waals surface area (Å²) in [5, 5.41) is 15.9. The number of nitrogens with one attached hydrogen (secondary N) is 2. The molecular weight excluding hydrogens is 440 g/mol. The lowest BCUT2D eigenvalue weighted by atomic mass is 9.91. The first-order chi connectivity index (χ1) is 14.8. The number of halogens is 1. The summed E-state index contributed by atoms with van der Waals surface area (Å²) in [4.78, 5) is 14.6. The molecule has 0 atom stereocenters. The minimum atomic E-state index is -3.73. The van der Waals surface area contributed by atoms with E-state index in [1.807, 2.05) is 24.3 Å². The Morgan fingerprint density at radius 1 is 1.00 bits per heavy atom. The van der Waals surface area contributed by atoms with Gasteiger partial charge in [0.15, 0.2) is 0 Å². The number of rotatable bonds is 6. The molecular formula is C21H21ClN4O4S. The number of pyridine rings is 1. The quantitative estimate of drug-likeness (QED) is 0.413. The summed E-state index contributed by atoms with van der Waals surface area (Å²) < 4.78 is 28.0. The van der Waals surface area contributed by atoms with Crippen LogP contribution < -0.4 is 10.0 Å². The molecule has 162 valence electrons. The Morgan fingerprint density at radius 3 is 2.35 bits per heavy atom. The molecule has 0 unspecified atom stereocenters. The standard InChI is InChI=1S/C21H21ClN4O4S/c22-14-1-10-19-20(11-12-23-21(19)13-14)24-15-2-4-16(5-3-15)25-31(29,30)18-8-6-17(7-9-18)26(27)28/h1,6-13,15-16,25H,2-5H2,(H,23,24). The number of anilines is 1. The second-order valence-electron chi connectivity index (χ2n) is 7.59. The average molecular weight is 461 g/mol. The minimum Gasteiger partial charge on any atom is -0.382 e. The zero-order valence-corrected chi connectivity index (χ0v) is 18.1. The summed E-state index contributed by atoms with van der Waals surface area (Å²) in [5.41, 5.74) is 1.66. The van der Waals surface area contributed by atoms with Gasteiger partial charge in [0.25, 0.3) is 5.69 Å². The van der Waals surface area contributed by atoms with Crippen LogP contribution in [0.2, 0.25) is 5.02 Å². The summed E-state index contributed by atoms with van der Waals surface area (Å²) in [6.07, 6.45) is 4.75. The Balaban J connectivity index is 1.37. The second kappa shape index (κ2) is 8.78. The van der Waals surface area contributed by atoms with Crippen molar-refractivity contribution in [3.63, 3.8) is 0 Å². The van der Waals surface area contributed by atoms with Gasteiger partial charge in [-0.1, -0.05) is 11.6 Å². The summed E-state index contributed by atoms with van der Waals surface area (Å²) in [7, 11) is -3.73. The molecule has 0 bridgehead atoms. The molecule has 1 aliphatic rings. The third kappa shape index (κ3) is 4.95. The number of non-ortho nitro benzene ring substituents is 1. The summed E-state index contributed by atoms with van der Waals surface area (Å²) >= 11 is 6.05. The molecule has 0 aliphatic heterocycles. The van der Waals surface area contributed by atoms with Crippen LogP contribution in [0.15, 0.2) is 59.6 Å². The second-order valence-corrected chi connectivity index (χ2v) is 9.74. The molecule has 0 radical (unpaired) electrons. The topological polar surface area (TPSA) is 114 Å². The molecule has 10 heteroatoms. The average Bonchev–Trinajstić information content (AvgIpc) is 2.75. The van der Waals surface area contributed by atoms with E-state index in [0.717, 1.165) is 29.4 Å². The van der Waals surface area contributed by atoms with Crippen LogP contribution in [0.25, 0.3) is 10.9 Å². The maximum atomic E-state index is 12.6. The third-order valence-electron chi connectivity index (χ3n) is 5.47. The van der Waals surface area contributed by atoms with Crippen molar-refractivity contribution in [3.8, 4) is 0 Å². The summed E-state index contributed by atoms with van der Waals surface area (Å²) in [6, 6.07) is 12.5. The molecule has 1 heterocycles. The highest BCUT2D eigenvalue weighted by molar-refractivity contribution is 7.89. The van der Waals surface area contributed by atoms with Crippen molar-refractivity contribution >= 4 is 43.9 Å². The van der Waals surface area contributed by atoms with Crippen LogP contribution in [0.1, 0.15) is 25.7 Å². The Kier molecular flexibility index (Phi) is 6.08. The van der Waals surface area contributed by atoms with Crippen LogP contribution in [-0.2, 0) is 10.0 Å². The zero-order chi connectivity index (χ0) is 22.0. The van der Waals surface area contributed by atoms with Gasteiger partial charge >= 0.3 is 0 Å². The van der Waals surface area contributed by atoms with Crippen LogP contribution in [0.5, 0.6) is 0 Å². The molecule has 1 aromatic heterocycles. The number of nitrogens with zero attached hydrogens (tertiary/aromatic N) is 2. The van der Waals surface area contributed by atoms with Gasteiger partial charge in [-0.25, -0.2) is 13.1 Å². The smallest absolute Gasteiger partial charge is 0.269 e. The van der Waals surface area contributed by atoms with Crippen molar-refractivity contribution in [2.75, 3.05) is 5.32 Å². The van der Waals surface area contributed by atoms with E-state index >= 15 is 0 Å². The molecule has 3 aromatic rings. The van der Waals surface area contributed by atoms with E-state index in [9.17, 15) is 18.5 Å². The van der Waals surface area contributed by atoms with E-state index in [2.05, 4.69) is 15.0 Å². The number of nitro groups is 1. The maximum absolute atomic E-state index is 12.6. The number of nitro benzene ring substituents is 1. The van der Waals surface area contributed by atoms with E-state index in [-0.39, 0.29) is 22.7 Å². The SMILES string of the molecule is O=[N+]([O-])c1ccc(S(=O)(=O)NC2CCC(Nc3ccnc4cc(Cl)ccc34)CC2)cc1. The van der Waals surface area contributed by atoms with Crippen molar-refractivity contribution in [1.82, 2.24) is 9.71 Å². The van der Waals surface area contributed by atoms with Crippen LogP contribution in [-0.4, -0.2) is 30.4 Å². The molecule has 2 N–H and O–H groups in total. The van der Waals surface area contributed by atoms with Gasteiger partial charge in [-0.2, -0.15) is 0 Å². The fraction of sp³-hybridized carbons (Fsp3) is 0.286. The normalized spacial score (nSPS) is 19.3. The number of sulfonamides is 1.